The van der Waals surface area contributed by atoms with E-state index in [2.05, 4.69) is 37.4 Å². The highest BCUT2D eigenvalue weighted by Crippen LogP contribution is 2.31. The van der Waals surface area contributed by atoms with Crippen molar-refractivity contribution >= 4 is 39.4 Å². The van der Waals surface area contributed by atoms with E-state index in [1.807, 2.05) is 67.1 Å². The molecule has 1 saturated heterocycles. The summed E-state index contributed by atoms with van der Waals surface area (Å²) in [5, 5.41) is 6.91. The maximum Gasteiger partial charge on any atom is 0.160 e. The second kappa shape index (κ2) is 9.09. The van der Waals surface area contributed by atoms with Gasteiger partial charge >= 0.3 is 0 Å². The van der Waals surface area contributed by atoms with Crippen LogP contribution >= 0.6 is 0 Å². The topological polar surface area (TPSA) is 93.0 Å². The summed E-state index contributed by atoms with van der Waals surface area (Å²) in [5.41, 5.74) is 5.44. The normalized spacial score (nSPS) is 16.0. The number of hydrogen-bond acceptors (Lipinski definition) is 8. The molecule has 9 heteroatoms. The van der Waals surface area contributed by atoms with Crippen LogP contribution in [0.1, 0.15) is 12.5 Å². The molecule has 1 atom stereocenters. The largest absolute Gasteiger partial charge is 0.457 e. The van der Waals surface area contributed by atoms with Gasteiger partial charge in [0.2, 0.25) is 0 Å². The average Bonchev–Trinajstić information content (AvgIpc) is 3.25. The van der Waals surface area contributed by atoms with Crippen LogP contribution in [-0.4, -0.2) is 50.2 Å². The Labute approximate surface area is 209 Å². The van der Waals surface area contributed by atoms with E-state index in [0.29, 0.717) is 11.9 Å². The number of piperazine rings is 1. The molecule has 0 saturated carbocycles. The minimum Gasteiger partial charge on any atom is -0.457 e. The summed E-state index contributed by atoms with van der Waals surface area (Å²) in [6.45, 7) is 7.01. The van der Waals surface area contributed by atoms with Gasteiger partial charge in [-0.2, -0.15) is 0 Å². The quantitative estimate of drug-likeness (QED) is 0.378. The first-order chi connectivity index (χ1) is 17.5. The molecule has 0 aliphatic carbocycles. The Morgan fingerprint density at radius 2 is 1.94 bits per heavy atom. The Morgan fingerprint density at radius 3 is 2.81 bits per heavy atom. The van der Waals surface area contributed by atoms with Gasteiger partial charge in [0.25, 0.3) is 0 Å². The number of benzene rings is 2. The first-order valence-electron chi connectivity index (χ1n) is 12.1. The molecule has 182 valence electrons. The lowest BCUT2D eigenvalue weighted by Gasteiger charge is -2.32. The van der Waals surface area contributed by atoms with E-state index in [1.165, 1.54) is 0 Å². The van der Waals surface area contributed by atoms with Crippen LogP contribution in [0.3, 0.4) is 0 Å². The number of imidazole rings is 1. The number of aryl methyl sites for hydroxylation is 2. The van der Waals surface area contributed by atoms with Crippen molar-refractivity contribution < 1.29 is 4.74 Å². The van der Waals surface area contributed by atoms with Crippen molar-refractivity contribution in [3.05, 3.63) is 66.7 Å². The number of anilines is 3. The first kappa shape index (κ1) is 22.2. The van der Waals surface area contributed by atoms with Crippen molar-refractivity contribution in [3.8, 4) is 11.5 Å². The fourth-order valence-corrected chi connectivity index (χ4v) is 4.62. The molecule has 0 spiro atoms. The van der Waals surface area contributed by atoms with Crippen LogP contribution in [0.25, 0.3) is 22.1 Å². The maximum atomic E-state index is 6.17. The molecule has 2 aromatic carbocycles. The van der Waals surface area contributed by atoms with Gasteiger partial charge in [0, 0.05) is 44.5 Å². The fraction of sp³-hybridized carbons (Fsp3) is 0.259. The van der Waals surface area contributed by atoms with Gasteiger partial charge in [0.15, 0.2) is 5.82 Å². The zero-order valence-electron chi connectivity index (χ0n) is 20.6. The Bertz CT molecular complexity index is 1560. The molecule has 6 rings (SSSR count). The van der Waals surface area contributed by atoms with Gasteiger partial charge in [-0.15, -0.1) is 0 Å². The van der Waals surface area contributed by atoms with E-state index in [0.717, 1.165) is 70.3 Å². The predicted molar refractivity (Wildman–Crippen MR) is 142 cm³/mol. The smallest absolute Gasteiger partial charge is 0.160 e. The average molecular weight is 481 g/mol. The van der Waals surface area contributed by atoms with Gasteiger partial charge in [-0.25, -0.2) is 19.9 Å². The Hall–Kier alpha value is -4.24. The summed E-state index contributed by atoms with van der Waals surface area (Å²) in [6.07, 6.45) is 3.37. The van der Waals surface area contributed by atoms with E-state index in [1.54, 1.807) is 12.7 Å². The van der Waals surface area contributed by atoms with Crippen molar-refractivity contribution in [2.24, 2.45) is 7.05 Å². The highest BCUT2D eigenvalue weighted by molar-refractivity contribution is 5.88. The van der Waals surface area contributed by atoms with Crippen molar-refractivity contribution in [1.82, 2.24) is 29.8 Å². The van der Waals surface area contributed by atoms with Crippen LogP contribution in [-0.2, 0) is 7.05 Å². The molecule has 1 aliphatic heterocycles. The molecular formula is C27H28N8O. The van der Waals surface area contributed by atoms with Crippen molar-refractivity contribution in [2.75, 3.05) is 29.9 Å². The molecular weight excluding hydrogens is 452 g/mol. The third-order valence-corrected chi connectivity index (χ3v) is 6.52. The third-order valence-electron chi connectivity index (χ3n) is 6.52. The minimum absolute atomic E-state index is 0.426. The van der Waals surface area contributed by atoms with Crippen LogP contribution < -0.4 is 20.3 Å². The maximum absolute atomic E-state index is 6.17. The second-order valence-corrected chi connectivity index (χ2v) is 9.27. The lowest BCUT2D eigenvalue weighted by Crippen LogP contribution is -2.49. The molecule has 5 aromatic rings. The van der Waals surface area contributed by atoms with Gasteiger partial charge in [-0.05, 0) is 61.9 Å². The summed E-state index contributed by atoms with van der Waals surface area (Å²) >= 11 is 0. The summed E-state index contributed by atoms with van der Waals surface area (Å²) in [7, 11) is 1.98. The molecule has 0 bridgehead atoms. The zero-order valence-corrected chi connectivity index (χ0v) is 20.6. The molecule has 36 heavy (non-hydrogen) atoms. The van der Waals surface area contributed by atoms with Crippen LogP contribution in [0.15, 0.2) is 61.2 Å². The number of hydrogen-bond donors (Lipinski definition) is 2. The molecule has 3 aromatic heterocycles. The van der Waals surface area contributed by atoms with Crippen LogP contribution in [0.4, 0.5) is 17.3 Å². The Morgan fingerprint density at radius 1 is 1.03 bits per heavy atom. The zero-order chi connectivity index (χ0) is 24.6. The Kier molecular flexibility index (Phi) is 5.61. The van der Waals surface area contributed by atoms with Gasteiger partial charge in [0.1, 0.15) is 29.2 Å². The molecule has 4 heterocycles. The molecule has 2 N–H and O–H groups in total. The van der Waals surface area contributed by atoms with E-state index >= 15 is 0 Å². The number of fused-ring (bicyclic) bond motifs is 2. The van der Waals surface area contributed by atoms with Crippen molar-refractivity contribution in [3.63, 3.8) is 0 Å². The molecule has 0 radical (unpaired) electrons. The first-order valence-corrected chi connectivity index (χ1v) is 12.1. The van der Waals surface area contributed by atoms with Crippen LogP contribution in [0.2, 0.25) is 0 Å². The van der Waals surface area contributed by atoms with Gasteiger partial charge in [-0.3, -0.25) is 0 Å². The lowest BCUT2D eigenvalue weighted by molar-refractivity contribution is 0.479. The van der Waals surface area contributed by atoms with Crippen LogP contribution in [0.5, 0.6) is 11.5 Å². The van der Waals surface area contributed by atoms with E-state index in [-0.39, 0.29) is 0 Å². The number of nitrogens with zero attached hydrogens (tertiary/aromatic N) is 6. The van der Waals surface area contributed by atoms with E-state index in [4.69, 9.17) is 9.72 Å². The number of ether oxygens (including phenoxy) is 1. The number of aromatic nitrogens is 5. The molecule has 0 amide bonds. The standard InChI is InChI=1S/C27H28N8O/c1-17-12-19(4-8-24(17)36-20-5-7-23-22(13-20)31-16-34(23)3)32-27-26-21(29-15-30-27)6-9-25(33-26)35-11-10-28-18(2)14-35/h4-9,12-13,15-16,18,28H,10-11,14H2,1-3H3,(H,29,30,32)/t18-/m0/s1. The summed E-state index contributed by atoms with van der Waals surface area (Å²) in [6, 6.07) is 16.4. The second-order valence-electron chi connectivity index (χ2n) is 9.27. The SMILES string of the molecule is Cc1cc(Nc2ncnc3ccc(N4CCN[C@@H](C)C4)nc23)ccc1Oc1ccc2c(c1)ncn2C. The van der Waals surface area contributed by atoms with Gasteiger partial charge in [-0.1, -0.05) is 0 Å². The van der Waals surface area contributed by atoms with E-state index < -0.39 is 0 Å². The van der Waals surface area contributed by atoms with Crippen molar-refractivity contribution in [2.45, 2.75) is 19.9 Å². The highest BCUT2D eigenvalue weighted by Gasteiger charge is 2.18. The molecule has 0 unspecified atom stereocenters. The summed E-state index contributed by atoms with van der Waals surface area (Å²) in [5.74, 6) is 3.17. The highest BCUT2D eigenvalue weighted by atomic mass is 16.5. The third kappa shape index (κ3) is 4.29. The molecule has 9 nitrogen and oxygen atoms in total. The molecule has 1 fully saturated rings. The fourth-order valence-electron chi connectivity index (χ4n) is 4.62. The summed E-state index contributed by atoms with van der Waals surface area (Å²) < 4.78 is 8.16. The molecule has 1 aliphatic rings. The van der Waals surface area contributed by atoms with Crippen molar-refractivity contribution in [1.29, 1.82) is 0 Å². The number of pyridine rings is 1. The monoisotopic (exact) mass is 480 g/mol. The van der Waals surface area contributed by atoms with E-state index in [9.17, 15) is 0 Å². The predicted octanol–water partition coefficient (Wildman–Crippen LogP) is 4.55. The number of rotatable bonds is 5. The summed E-state index contributed by atoms with van der Waals surface area (Å²) in [4.78, 5) is 20.6. The minimum atomic E-state index is 0.426. The van der Waals surface area contributed by atoms with Crippen LogP contribution in [0, 0.1) is 6.92 Å². The Balaban J connectivity index is 1.25. The van der Waals surface area contributed by atoms with Gasteiger partial charge < -0.3 is 24.8 Å². The number of nitrogens with one attached hydrogen (secondary N) is 2. The van der Waals surface area contributed by atoms with Gasteiger partial charge in [0.05, 0.1) is 22.9 Å². The lowest BCUT2D eigenvalue weighted by atomic mass is 10.2.